The van der Waals surface area contributed by atoms with Gasteiger partial charge in [0.2, 0.25) is 5.95 Å². The van der Waals surface area contributed by atoms with Gasteiger partial charge in [0, 0.05) is 38.0 Å². The lowest BCUT2D eigenvalue weighted by molar-refractivity contribution is -0.147. The largest absolute Gasteiger partial charge is 0.444 e. The number of hydrogen-bond donors (Lipinski definition) is 1. The lowest BCUT2D eigenvalue weighted by Crippen LogP contribution is -2.59. The molecule has 0 radical (unpaired) electrons. The maximum absolute atomic E-state index is 12.2. The van der Waals surface area contributed by atoms with Gasteiger partial charge in [0.25, 0.3) is 0 Å². The molecule has 144 valence electrons. The van der Waals surface area contributed by atoms with E-state index >= 15 is 0 Å². The third kappa shape index (κ3) is 4.42. The van der Waals surface area contributed by atoms with Gasteiger partial charge >= 0.3 is 6.09 Å². The first-order valence-corrected chi connectivity index (χ1v) is 9.05. The van der Waals surface area contributed by atoms with Crippen molar-refractivity contribution in [2.24, 2.45) is 5.92 Å². The fourth-order valence-corrected chi connectivity index (χ4v) is 3.55. The number of carbonyl (C=O) groups is 1. The summed E-state index contributed by atoms with van der Waals surface area (Å²) in [4.78, 5) is 24.5. The number of nitrogens with zero attached hydrogens (tertiary/aromatic N) is 4. The van der Waals surface area contributed by atoms with Gasteiger partial charge in [-0.1, -0.05) is 0 Å². The minimum absolute atomic E-state index is 0.0839. The van der Waals surface area contributed by atoms with E-state index in [1.54, 1.807) is 23.4 Å². The molecule has 2 aliphatic rings. The summed E-state index contributed by atoms with van der Waals surface area (Å²) in [5.41, 5.74) is -0.941. The van der Waals surface area contributed by atoms with E-state index in [0.717, 1.165) is 6.42 Å². The Morgan fingerprint density at radius 2 is 2.15 bits per heavy atom. The van der Waals surface area contributed by atoms with E-state index in [1.165, 1.54) is 0 Å². The fourth-order valence-electron chi connectivity index (χ4n) is 3.55. The number of aliphatic hydroxyl groups is 1. The number of hydrogen-bond acceptors (Lipinski definition) is 7. The van der Waals surface area contributed by atoms with Crippen LogP contribution in [-0.2, 0) is 9.47 Å². The maximum Gasteiger partial charge on any atom is 0.412 e. The van der Waals surface area contributed by atoms with Crippen molar-refractivity contribution >= 4 is 12.0 Å². The molecule has 1 aromatic rings. The van der Waals surface area contributed by atoms with Gasteiger partial charge in [-0.2, -0.15) is 0 Å². The van der Waals surface area contributed by atoms with Crippen LogP contribution in [0.4, 0.5) is 10.7 Å². The van der Waals surface area contributed by atoms with Crippen molar-refractivity contribution < 1.29 is 19.4 Å². The Morgan fingerprint density at radius 1 is 1.42 bits per heavy atom. The van der Waals surface area contributed by atoms with Crippen molar-refractivity contribution in [2.75, 3.05) is 37.9 Å². The van der Waals surface area contributed by atoms with Crippen LogP contribution in [0.3, 0.4) is 0 Å². The molecular weight excluding hydrogens is 336 g/mol. The molecule has 1 spiro atoms. The number of rotatable bonds is 2. The van der Waals surface area contributed by atoms with Gasteiger partial charge in [-0.15, -0.1) is 0 Å². The number of anilines is 1. The molecule has 2 unspecified atom stereocenters. The van der Waals surface area contributed by atoms with Crippen LogP contribution in [0.5, 0.6) is 0 Å². The minimum Gasteiger partial charge on any atom is -0.444 e. The van der Waals surface area contributed by atoms with Crippen LogP contribution in [0.1, 0.15) is 33.6 Å². The highest BCUT2D eigenvalue weighted by Crippen LogP contribution is 2.35. The van der Waals surface area contributed by atoms with Gasteiger partial charge < -0.3 is 19.5 Å². The Balaban J connectivity index is 1.67. The monoisotopic (exact) mass is 364 g/mol. The van der Waals surface area contributed by atoms with Crippen LogP contribution < -0.4 is 4.90 Å². The van der Waals surface area contributed by atoms with Gasteiger partial charge in [-0.25, -0.2) is 14.8 Å². The van der Waals surface area contributed by atoms with E-state index in [-0.39, 0.29) is 25.3 Å². The standard InChI is InChI=1S/C18H28N4O4/c1-17(2,3)26-16(24)21-8-5-18(25-13-21)9-14(11-23)10-22(12-18)15-19-6-4-7-20-15/h4,6-7,14,23H,5,8-13H2,1-3H3. The predicted molar refractivity (Wildman–Crippen MR) is 95.7 cm³/mol. The molecule has 2 fully saturated rings. The number of aromatic nitrogens is 2. The lowest BCUT2D eigenvalue weighted by atomic mass is 9.82. The quantitative estimate of drug-likeness (QED) is 0.853. The first-order chi connectivity index (χ1) is 12.3. The van der Waals surface area contributed by atoms with Crippen molar-refractivity contribution in [2.45, 2.75) is 44.8 Å². The molecule has 3 heterocycles. The maximum atomic E-state index is 12.2. The van der Waals surface area contributed by atoms with Crippen molar-refractivity contribution in [1.82, 2.24) is 14.9 Å². The zero-order valence-electron chi connectivity index (χ0n) is 15.7. The summed E-state index contributed by atoms with van der Waals surface area (Å²) >= 11 is 0. The van der Waals surface area contributed by atoms with E-state index in [2.05, 4.69) is 14.9 Å². The summed E-state index contributed by atoms with van der Waals surface area (Å²) < 4.78 is 11.6. The number of ether oxygens (including phenoxy) is 2. The van der Waals surface area contributed by atoms with E-state index < -0.39 is 11.2 Å². The third-order valence-electron chi connectivity index (χ3n) is 4.73. The van der Waals surface area contributed by atoms with Crippen molar-refractivity contribution in [3.8, 4) is 0 Å². The molecule has 8 heteroatoms. The number of amides is 1. The van der Waals surface area contributed by atoms with Gasteiger partial charge in [-0.3, -0.25) is 4.90 Å². The Labute approximate surface area is 154 Å². The zero-order valence-corrected chi connectivity index (χ0v) is 15.7. The molecule has 1 N–H and O–H groups in total. The number of carbonyl (C=O) groups excluding carboxylic acids is 1. The summed E-state index contributed by atoms with van der Waals surface area (Å²) in [5.74, 6) is 0.726. The van der Waals surface area contributed by atoms with Crippen molar-refractivity contribution in [3.05, 3.63) is 18.5 Å². The van der Waals surface area contributed by atoms with E-state index in [0.29, 0.717) is 32.0 Å². The molecule has 0 saturated carbocycles. The first kappa shape index (κ1) is 18.8. The molecule has 1 aromatic heterocycles. The molecule has 2 aliphatic heterocycles. The highest BCUT2D eigenvalue weighted by Gasteiger charge is 2.44. The highest BCUT2D eigenvalue weighted by atomic mass is 16.6. The molecule has 0 bridgehead atoms. The predicted octanol–water partition coefficient (Wildman–Crippen LogP) is 1.65. The van der Waals surface area contributed by atoms with Crippen molar-refractivity contribution in [1.29, 1.82) is 0 Å². The van der Waals surface area contributed by atoms with Crippen LogP contribution in [-0.4, -0.2) is 70.2 Å². The van der Waals surface area contributed by atoms with Crippen LogP contribution in [0.2, 0.25) is 0 Å². The SMILES string of the molecule is CC(C)(C)OC(=O)N1CCC2(CC(CO)CN(c3ncccn3)C2)OC1. The smallest absolute Gasteiger partial charge is 0.412 e. The molecule has 26 heavy (non-hydrogen) atoms. The third-order valence-corrected chi connectivity index (χ3v) is 4.73. The van der Waals surface area contributed by atoms with Gasteiger partial charge in [0.05, 0.1) is 12.1 Å². The molecule has 3 rings (SSSR count). The number of piperidine rings is 1. The van der Waals surface area contributed by atoms with Gasteiger partial charge in [0.1, 0.15) is 12.3 Å². The molecule has 2 saturated heterocycles. The normalized spacial score (nSPS) is 26.8. The number of aliphatic hydroxyl groups excluding tert-OH is 1. The van der Waals surface area contributed by atoms with Crippen LogP contribution in [0.25, 0.3) is 0 Å². The molecule has 0 aromatic carbocycles. The highest BCUT2D eigenvalue weighted by molar-refractivity contribution is 5.68. The Bertz CT molecular complexity index is 611. The Kier molecular flexibility index (Phi) is 5.34. The average molecular weight is 364 g/mol. The Hall–Kier alpha value is -1.93. The summed E-state index contributed by atoms with van der Waals surface area (Å²) in [5, 5.41) is 9.73. The van der Waals surface area contributed by atoms with E-state index in [4.69, 9.17) is 9.47 Å². The second kappa shape index (κ2) is 7.36. The van der Waals surface area contributed by atoms with Crippen LogP contribution >= 0.6 is 0 Å². The van der Waals surface area contributed by atoms with Gasteiger partial charge in [-0.05, 0) is 39.7 Å². The molecule has 0 aliphatic carbocycles. The second-order valence-corrected chi connectivity index (χ2v) is 8.13. The summed E-state index contributed by atoms with van der Waals surface area (Å²) in [6.07, 6.45) is 4.51. The second-order valence-electron chi connectivity index (χ2n) is 8.13. The summed E-state index contributed by atoms with van der Waals surface area (Å²) in [6.45, 7) is 7.74. The lowest BCUT2D eigenvalue weighted by Gasteiger charge is -2.49. The van der Waals surface area contributed by atoms with Crippen LogP contribution in [0.15, 0.2) is 18.5 Å². The van der Waals surface area contributed by atoms with Crippen LogP contribution in [0, 0.1) is 5.92 Å². The minimum atomic E-state index is -0.527. The molecule has 1 amide bonds. The van der Waals surface area contributed by atoms with E-state index in [9.17, 15) is 9.90 Å². The summed E-state index contributed by atoms with van der Waals surface area (Å²) in [7, 11) is 0. The topological polar surface area (TPSA) is 88.0 Å². The average Bonchev–Trinajstić information content (AvgIpc) is 2.61. The van der Waals surface area contributed by atoms with E-state index in [1.807, 2.05) is 20.8 Å². The van der Waals surface area contributed by atoms with Gasteiger partial charge in [0.15, 0.2) is 0 Å². The molecular formula is C18H28N4O4. The molecule has 2 atom stereocenters. The Morgan fingerprint density at radius 3 is 2.73 bits per heavy atom. The molecule has 8 nitrogen and oxygen atoms in total. The van der Waals surface area contributed by atoms with Crippen molar-refractivity contribution in [3.63, 3.8) is 0 Å². The first-order valence-electron chi connectivity index (χ1n) is 9.05. The summed E-state index contributed by atoms with van der Waals surface area (Å²) in [6, 6.07) is 1.78. The fraction of sp³-hybridized carbons (Fsp3) is 0.722. The zero-order chi connectivity index (χ0) is 18.8.